The van der Waals surface area contributed by atoms with E-state index in [4.69, 9.17) is 0 Å². The molecule has 0 atom stereocenters. The Morgan fingerprint density at radius 3 is 2.81 bits per heavy atom. The Hall–Kier alpha value is -0.200. The number of rotatable bonds is 3. The molecule has 82 valence electrons. The van der Waals surface area contributed by atoms with E-state index in [1.54, 1.807) is 11.3 Å². The molecule has 0 saturated carbocycles. The van der Waals surface area contributed by atoms with Gasteiger partial charge in [0.15, 0.2) is 5.78 Å². The van der Waals surface area contributed by atoms with Gasteiger partial charge in [0, 0.05) is 21.8 Å². The summed E-state index contributed by atoms with van der Waals surface area (Å²) >= 11 is 7.23. The standard InChI is InChI=1S/C12H8BrIOS/c13-10-3-1-2-8(4-10)5-11(15)9-6-12(14)16-7-9/h1-4,6-7H,5H2. The Morgan fingerprint density at radius 1 is 1.38 bits per heavy atom. The van der Waals surface area contributed by atoms with Crippen molar-refractivity contribution in [1.29, 1.82) is 0 Å². The van der Waals surface area contributed by atoms with E-state index in [-0.39, 0.29) is 5.78 Å². The van der Waals surface area contributed by atoms with Crippen LogP contribution in [0.15, 0.2) is 40.2 Å². The molecule has 0 aliphatic carbocycles. The van der Waals surface area contributed by atoms with Crippen molar-refractivity contribution in [3.63, 3.8) is 0 Å². The molecule has 4 heteroatoms. The van der Waals surface area contributed by atoms with Crippen LogP contribution in [-0.2, 0) is 6.42 Å². The molecule has 16 heavy (non-hydrogen) atoms. The predicted molar refractivity (Wildman–Crippen MR) is 79.2 cm³/mol. The van der Waals surface area contributed by atoms with Crippen molar-refractivity contribution in [2.75, 3.05) is 0 Å². The van der Waals surface area contributed by atoms with E-state index in [1.165, 1.54) is 0 Å². The van der Waals surface area contributed by atoms with Crippen molar-refractivity contribution >= 4 is 55.6 Å². The second-order valence-corrected chi connectivity index (χ2v) is 7.09. The first-order valence-corrected chi connectivity index (χ1v) is 7.42. The summed E-state index contributed by atoms with van der Waals surface area (Å²) in [4.78, 5) is 11.9. The zero-order valence-corrected chi connectivity index (χ0v) is 12.8. The Kier molecular flexibility index (Phi) is 4.16. The van der Waals surface area contributed by atoms with Gasteiger partial charge in [-0.1, -0.05) is 28.1 Å². The fourth-order valence-electron chi connectivity index (χ4n) is 1.39. The van der Waals surface area contributed by atoms with E-state index < -0.39 is 0 Å². The Bertz CT molecular complexity index is 521. The average Bonchev–Trinajstić information content (AvgIpc) is 2.65. The minimum absolute atomic E-state index is 0.178. The zero-order valence-electron chi connectivity index (χ0n) is 8.24. The van der Waals surface area contributed by atoms with Gasteiger partial charge in [-0.3, -0.25) is 4.79 Å². The van der Waals surface area contributed by atoms with E-state index in [2.05, 4.69) is 38.5 Å². The number of halogens is 2. The lowest BCUT2D eigenvalue weighted by molar-refractivity contribution is 0.0993. The van der Waals surface area contributed by atoms with Crippen LogP contribution in [0.2, 0.25) is 0 Å². The molecule has 2 aromatic rings. The highest BCUT2D eigenvalue weighted by Gasteiger charge is 2.09. The van der Waals surface area contributed by atoms with Crippen LogP contribution in [0.5, 0.6) is 0 Å². The summed E-state index contributed by atoms with van der Waals surface area (Å²) in [6.45, 7) is 0. The second-order valence-electron chi connectivity index (χ2n) is 3.37. The minimum Gasteiger partial charge on any atom is -0.294 e. The topological polar surface area (TPSA) is 17.1 Å². The lowest BCUT2D eigenvalue weighted by atomic mass is 10.1. The number of benzene rings is 1. The molecule has 2 rings (SSSR count). The maximum Gasteiger partial charge on any atom is 0.168 e. The van der Waals surface area contributed by atoms with Gasteiger partial charge >= 0.3 is 0 Å². The number of ketones is 1. The first-order chi connectivity index (χ1) is 7.65. The van der Waals surface area contributed by atoms with Gasteiger partial charge in [0.2, 0.25) is 0 Å². The fraction of sp³-hybridized carbons (Fsp3) is 0.0833. The van der Waals surface area contributed by atoms with E-state index in [9.17, 15) is 4.79 Å². The van der Waals surface area contributed by atoms with Crippen molar-refractivity contribution in [2.45, 2.75) is 6.42 Å². The fourth-order valence-corrected chi connectivity index (χ4v) is 3.19. The van der Waals surface area contributed by atoms with Gasteiger partial charge in [-0.15, -0.1) is 11.3 Å². The molecular weight excluding hydrogens is 399 g/mol. The maximum atomic E-state index is 11.9. The summed E-state index contributed by atoms with van der Waals surface area (Å²) in [5.74, 6) is 0.178. The maximum absolute atomic E-state index is 11.9. The van der Waals surface area contributed by atoms with Crippen LogP contribution in [-0.4, -0.2) is 5.78 Å². The van der Waals surface area contributed by atoms with Gasteiger partial charge in [0.05, 0.1) is 2.88 Å². The molecule has 0 bridgehead atoms. The lowest BCUT2D eigenvalue weighted by Crippen LogP contribution is -2.01. The lowest BCUT2D eigenvalue weighted by Gasteiger charge is -1.99. The number of thiophene rings is 1. The highest BCUT2D eigenvalue weighted by molar-refractivity contribution is 14.1. The molecule has 0 radical (unpaired) electrons. The Labute approximate surface area is 120 Å². The predicted octanol–water partition coefficient (Wildman–Crippen LogP) is 4.54. The third-order valence-corrected chi connectivity index (χ3v) is 4.43. The summed E-state index contributed by atoms with van der Waals surface area (Å²) in [5, 5.41) is 1.92. The van der Waals surface area contributed by atoms with Crippen LogP contribution in [0.4, 0.5) is 0 Å². The molecule has 0 saturated heterocycles. The molecule has 0 aliphatic heterocycles. The molecule has 0 aliphatic rings. The molecule has 0 unspecified atom stereocenters. The van der Waals surface area contributed by atoms with Crippen LogP contribution in [0.3, 0.4) is 0 Å². The number of carbonyl (C=O) groups excluding carboxylic acids is 1. The normalized spacial score (nSPS) is 10.4. The van der Waals surface area contributed by atoms with Crippen molar-refractivity contribution in [2.24, 2.45) is 0 Å². The van der Waals surface area contributed by atoms with Crippen molar-refractivity contribution in [3.05, 3.63) is 54.2 Å². The molecule has 1 aromatic carbocycles. The van der Waals surface area contributed by atoms with Crippen molar-refractivity contribution in [3.8, 4) is 0 Å². The highest BCUT2D eigenvalue weighted by atomic mass is 127. The summed E-state index contributed by atoms with van der Waals surface area (Å²) < 4.78 is 2.16. The van der Waals surface area contributed by atoms with Crippen LogP contribution in [0.1, 0.15) is 15.9 Å². The summed E-state index contributed by atoms with van der Waals surface area (Å²) in [5.41, 5.74) is 1.86. The van der Waals surface area contributed by atoms with Crippen LogP contribution in [0, 0.1) is 2.88 Å². The van der Waals surface area contributed by atoms with E-state index in [1.807, 2.05) is 35.7 Å². The number of hydrogen-bond acceptors (Lipinski definition) is 2. The monoisotopic (exact) mass is 406 g/mol. The van der Waals surface area contributed by atoms with E-state index >= 15 is 0 Å². The van der Waals surface area contributed by atoms with Crippen LogP contribution in [0.25, 0.3) is 0 Å². The Morgan fingerprint density at radius 2 is 2.19 bits per heavy atom. The summed E-state index contributed by atoms with van der Waals surface area (Å²) in [6, 6.07) is 9.80. The second kappa shape index (κ2) is 5.42. The van der Waals surface area contributed by atoms with E-state index in [0.29, 0.717) is 6.42 Å². The van der Waals surface area contributed by atoms with Crippen molar-refractivity contribution < 1.29 is 4.79 Å². The summed E-state index contributed by atoms with van der Waals surface area (Å²) in [6.07, 6.45) is 0.465. The number of hydrogen-bond donors (Lipinski definition) is 0. The van der Waals surface area contributed by atoms with Gasteiger partial charge < -0.3 is 0 Å². The first kappa shape index (κ1) is 12.3. The number of carbonyl (C=O) groups is 1. The number of Topliss-reactive ketones (excluding diaryl/α,β-unsaturated/α-hetero) is 1. The quantitative estimate of drug-likeness (QED) is 0.540. The van der Waals surface area contributed by atoms with Gasteiger partial charge in [0.1, 0.15) is 0 Å². The average molecular weight is 407 g/mol. The summed E-state index contributed by atoms with van der Waals surface area (Å²) in [7, 11) is 0. The molecule has 1 aromatic heterocycles. The van der Waals surface area contributed by atoms with Gasteiger partial charge in [-0.05, 0) is 46.4 Å². The molecule has 0 spiro atoms. The smallest absolute Gasteiger partial charge is 0.168 e. The third-order valence-electron chi connectivity index (χ3n) is 2.14. The molecular formula is C12H8BrIOS. The third kappa shape index (κ3) is 3.15. The van der Waals surface area contributed by atoms with E-state index in [0.717, 1.165) is 18.5 Å². The molecule has 0 fully saturated rings. The SMILES string of the molecule is O=C(Cc1cccc(Br)c1)c1csc(I)c1. The molecule has 0 N–H and O–H groups in total. The molecule has 1 heterocycles. The van der Waals surface area contributed by atoms with Crippen LogP contribution < -0.4 is 0 Å². The van der Waals surface area contributed by atoms with Crippen molar-refractivity contribution in [1.82, 2.24) is 0 Å². The van der Waals surface area contributed by atoms with Gasteiger partial charge in [-0.2, -0.15) is 0 Å². The molecule has 0 amide bonds. The Balaban J connectivity index is 2.13. The highest BCUT2D eigenvalue weighted by Crippen LogP contribution is 2.19. The zero-order chi connectivity index (χ0) is 11.5. The minimum atomic E-state index is 0.178. The molecule has 1 nitrogen and oxygen atoms in total. The van der Waals surface area contributed by atoms with Gasteiger partial charge in [0.25, 0.3) is 0 Å². The largest absolute Gasteiger partial charge is 0.294 e. The first-order valence-electron chi connectivity index (χ1n) is 4.67. The van der Waals surface area contributed by atoms with Crippen LogP contribution >= 0.6 is 49.9 Å². The van der Waals surface area contributed by atoms with Gasteiger partial charge in [-0.25, -0.2) is 0 Å².